The van der Waals surface area contributed by atoms with Crippen molar-refractivity contribution in [2.75, 3.05) is 6.54 Å². The number of alkyl halides is 2. The van der Waals surface area contributed by atoms with E-state index in [0.717, 1.165) is 19.1 Å². The maximum Gasteiger partial charge on any atom is 0.305 e. The topological polar surface area (TPSA) is 56.0 Å². The van der Waals surface area contributed by atoms with Crippen molar-refractivity contribution in [1.29, 1.82) is 0 Å². The van der Waals surface area contributed by atoms with Gasteiger partial charge in [0.2, 0.25) is 6.54 Å². The van der Waals surface area contributed by atoms with E-state index < -0.39 is 39.9 Å². The summed E-state index contributed by atoms with van der Waals surface area (Å²) in [5, 5.41) is 11.0. The Kier molecular flexibility index (Phi) is 4.98. The highest BCUT2D eigenvalue weighted by Crippen LogP contribution is 2.47. The zero-order valence-electron chi connectivity index (χ0n) is 12.9. The highest BCUT2D eigenvalue weighted by molar-refractivity contribution is 9.10. The van der Waals surface area contributed by atoms with E-state index in [9.17, 15) is 14.5 Å². The van der Waals surface area contributed by atoms with E-state index in [0.29, 0.717) is 10.0 Å². The number of aryl methyl sites for hydroxylation is 1. The van der Waals surface area contributed by atoms with Crippen LogP contribution in [0.3, 0.4) is 0 Å². The van der Waals surface area contributed by atoms with Crippen molar-refractivity contribution < 1.29 is 18.1 Å². The predicted molar refractivity (Wildman–Crippen MR) is 86.2 cm³/mol. The van der Waals surface area contributed by atoms with E-state index >= 15 is 8.78 Å². The second-order valence-corrected chi connectivity index (χ2v) is 6.66. The molecule has 1 aromatic carbocycles. The second kappa shape index (κ2) is 6.51. The summed E-state index contributed by atoms with van der Waals surface area (Å²) in [5.74, 6) is -4.66. The Labute approximate surface area is 145 Å². The van der Waals surface area contributed by atoms with Gasteiger partial charge < -0.3 is 0 Å². The highest BCUT2D eigenvalue weighted by Gasteiger charge is 2.58. The number of rotatable bonds is 5. The number of hydrogen-bond acceptors (Lipinski definition) is 3. The Hall–Kier alpha value is -1.96. The van der Waals surface area contributed by atoms with Gasteiger partial charge in [0.15, 0.2) is 0 Å². The highest BCUT2D eigenvalue weighted by atomic mass is 79.9. The summed E-state index contributed by atoms with van der Waals surface area (Å²) in [5.41, 5.74) is -2.94. The van der Waals surface area contributed by atoms with Crippen LogP contribution >= 0.6 is 15.9 Å². The van der Waals surface area contributed by atoms with Crippen LogP contribution < -0.4 is 0 Å². The third-order valence-corrected chi connectivity index (χ3v) is 4.38. The molecule has 24 heavy (non-hydrogen) atoms. The number of nitrogens with zero attached hydrogens (tertiary/aromatic N) is 2. The number of aromatic nitrogens is 1. The molecule has 0 saturated carbocycles. The molecule has 0 aliphatic rings. The molecule has 0 fully saturated rings. The number of halogens is 4. The summed E-state index contributed by atoms with van der Waals surface area (Å²) in [6, 6.07) is 6.12. The number of benzene rings is 1. The molecule has 0 radical (unpaired) electrons. The molecule has 1 aromatic heterocycles. The average molecular weight is 403 g/mol. The first-order valence-corrected chi connectivity index (χ1v) is 7.75. The number of pyridine rings is 1. The fraction of sp³-hybridized carbons (Fsp3) is 0.312. The van der Waals surface area contributed by atoms with Crippen LogP contribution in [0.5, 0.6) is 0 Å². The molecule has 1 unspecified atom stereocenters. The largest absolute Gasteiger partial charge is 0.305 e. The first kappa shape index (κ1) is 18.4. The lowest BCUT2D eigenvalue weighted by Crippen LogP contribution is -2.47. The van der Waals surface area contributed by atoms with E-state index in [2.05, 4.69) is 20.9 Å². The fourth-order valence-electron chi connectivity index (χ4n) is 2.52. The minimum atomic E-state index is -3.75. The van der Waals surface area contributed by atoms with E-state index in [4.69, 9.17) is 0 Å². The molecular weight excluding hydrogens is 389 g/mol. The molecule has 1 heterocycles. The van der Waals surface area contributed by atoms with Crippen molar-refractivity contribution in [2.45, 2.75) is 25.2 Å². The van der Waals surface area contributed by atoms with Crippen molar-refractivity contribution in [2.24, 2.45) is 0 Å². The minimum absolute atomic E-state index is 0.417. The molecular formula is C16H14BrF3N2O2. The van der Waals surface area contributed by atoms with Crippen LogP contribution in [-0.4, -0.2) is 16.5 Å². The minimum Gasteiger partial charge on any atom is -0.265 e. The summed E-state index contributed by atoms with van der Waals surface area (Å²) in [7, 11) is 0. The summed E-state index contributed by atoms with van der Waals surface area (Å²) >= 11 is 3.09. The van der Waals surface area contributed by atoms with Crippen molar-refractivity contribution in [3.05, 3.63) is 73.8 Å². The van der Waals surface area contributed by atoms with Gasteiger partial charge in [0.25, 0.3) is 0 Å². The van der Waals surface area contributed by atoms with Gasteiger partial charge in [-0.2, -0.15) is 8.78 Å². The van der Waals surface area contributed by atoms with Crippen molar-refractivity contribution >= 4 is 15.9 Å². The third-order valence-electron chi connectivity index (χ3n) is 3.91. The summed E-state index contributed by atoms with van der Waals surface area (Å²) in [6.45, 7) is 1.44. The van der Waals surface area contributed by atoms with Gasteiger partial charge in [-0.15, -0.1) is 0 Å². The molecule has 2 aromatic rings. The number of nitro groups is 1. The van der Waals surface area contributed by atoms with Crippen LogP contribution in [0.2, 0.25) is 0 Å². The summed E-state index contributed by atoms with van der Waals surface area (Å²) in [6.07, 6.45) is 1.17. The zero-order valence-corrected chi connectivity index (χ0v) is 14.5. The normalized spacial score (nSPS) is 14.2. The van der Waals surface area contributed by atoms with Gasteiger partial charge in [0.05, 0.1) is 0 Å². The van der Waals surface area contributed by atoms with Gasteiger partial charge in [-0.05, 0) is 53.5 Å². The van der Waals surface area contributed by atoms with Crippen molar-refractivity contribution in [1.82, 2.24) is 4.98 Å². The summed E-state index contributed by atoms with van der Waals surface area (Å²) in [4.78, 5) is 13.8. The van der Waals surface area contributed by atoms with Crippen LogP contribution in [0.15, 0.2) is 41.0 Å². The summed E-state index contributed by atoms with van der Waals surface area (Å²) < 4.78 is 45.0. The second-order valence-electron chi connectivity index (χ2n) is 5.74. The SMILES string of the molecule is Cc1ccc(C(C)(C[N+](=O)[O-])C(F)(F)c2ccc(Br)cn2)c(F)c1. The van der Waals surface area contributed by atoms with Crippen LogP contribution in [0, 0.1) is 22.9 Å². The maximum atomic E-state index is 15.1. The Morgan fingerprint density at radius 3 is 2.46 bits per heavy atom. The first-order valence-electron chi connectivity index (χ1n) is 6.96. The molecule has 0 amide bonds. The van der Waals surface area contributed by atoms with E-state index in [1.54, 1.807) is 6.92 Å². The van der Waals surface area contributed by atoms with Gasteiger partial charge >= 0.3 is 5.92 Å². The molecule has 0 saturated heterocycles. The average Bonchev–Trinajstić information content (AvgIpc) is 2.46. The Morgan fingerprint density at radius 1 is 1.29 bits per heavy atom. The Morgan fingerprint density at radius 2 is 1.96 bits per heavy atom. The lowest BCUT2D eigenvalue weighted by molar-refractivity contribution is -0.497. The monoisotopic (exact) mass is 402 g/mol. The lowest BCUT2D eigenvalue weighted by Gasteiger charge is -2.34. The van der Waals surface area contributed by atoms with Crippen molar-refractivity contribution in [3.63, 3.8) is 0 Å². The zero-order chi connectivity index (χ0) is 18.1. The van der Waals surface area contributed by atoms with Gasteiger partial charge in [-0.1, -0.05) is 12.1 Å². The van der Waals surface area contributed by atoms with Gasteiger partial charge in [0, 0.05) is 21.2 Å². The van der Waals surface area contributed by atoms with E-state index in [1.165, 1.54) is 24.4 Å². The van der Waals surface area contributed by atoms with Gasteiger partial charge in [-0.3, -0.25) is 15.1 Å². The quantitative estimate of drug-likeness (QED) is 0.541. The molecule has 2 rings (SSSR count). The standard InChI is InChI=1S/C16H14BrF3N2O2/c1-10-3-5-12(13(18)7-10)15(2,9-22(23)24)16(19,20)14-6-4-11(17)8-21-14/h3-8H,9H2,1-2H3. The number of hydrogen-bond donors (Lipinski definition) is 0. The predicted octanol–water partition coefficient (Wildman–Crippen LogP) is 4.62. The molecule has 0 N–H and O–H groups in total. The molecule has 0 aliphatic heterocycles. The molecule has 0 aliphatic carbocycles. The van der Waals surface area contributed by atoms with Gasteiger partial charge in [0.1, 0.15) is 16.9 Å². The van der Waals surface area contributed by atoms with E-state index in [1.807, 2.05) is 0 Å². The molecule has 1 atom stereocenters. The van der Waals surface area contributed by atoms with Crippen molar-refractivity contribution in [3.8, 4) is 0 Å². The van der Waals surface area contributed by atoms with Crippen LogP contribution in [0.4, 0.5) is 13.2 Å². The van der Waals surface area contributed by atoms with E-state index in [-0.39, 0.29) is 0 Å². The molecule has 128 valence electrons. The van der Waals surface area contributed by atoms with Crippen LogP contribution in [-0.2, 0) is 11.3 Å². The van der Waals surface area contributed by atoms with Gasteiger partial charge in [-0.25, -0.2) is 4.39 Å². The lowest BCUT2D eigenvalue weighted by atomic mass is 9.74. The molecule has 0 bridgehead atoms. The fourth-order valence-corrected chi connectivity index (χ4v) is 2.76. The molecule has 4 nitrogen and oxygen atoms in total. The smallest absolute Gasteiger partial charge is 0.265 e. The van der Waals surface area contributed by atoms with Crippen LogP contribution in [0.25, 0.3) is 0 Å². The third kappa shape index (κ3) is 3.28. The molecule has 8 heteroatoms. The Balaban J connectivity index is 2.66. The Bertz CT molecular complexity index is 768. The van der Waals surface area contributed by atoms with Crippen LogP contribution in [0.1, 0.15) is 23.7 Å². The molecule has 0 spiro atoms. The first-order chi connectivity index (χ1) is 11.1. The maximum absolute atomic E-state index is 15.1.